The summed E-state index contributed by atoms with van der Waals surface area (Å²) in [6.07, 6.45) is 6.21. The SMILES string of the molecule is NN/C(OC1CCCCC1)=C(\N)C=O. The van der Waals surface area contributed by atoms with Crippen LogP contribution in [0.15, 0.2) is 11.6 Å². The third-order valence-electron chi connectivity index (χ3n) is 2.36. The third-order valence-corrected chi connectivity index (χ3v) is 2.36. The molecule has 0 spiro atoms. The fourth-order valence-corrected chi connectivity index (χ4v) is 1.59. The number of carbonyl (C=O) groups is 1. The largest absolute Gasteiger partial charge is 0.473 e. The molecule has 0 radical (unpaired) electrons. The Balaban J connectivity index is 2.50. The van der Waals surface area contributed by atoms with Crippen molar-refractivity contribution in [2.75, 3.05) is 0 Å². The molecule has 5 N–H and O–H groups in total. The first-order valence-electron chi connectivity index (χ1n) is 4.86. The predicted octanol–water partition coefficient (Wildman–Crippen LogP) is 0.126. The van der Waals surface area contributed by atoms with Crippen molar-refractivity contribution in [3.63, 3.8) is 0 Å². The van der Waals surface area contributed by atoms with Gasteiger partial charge in [0.1, 0.15) is 11.8 Å². The summed E-state index contributed by atoms with van der Waals surface area (Å²) in [5.41, 5.74) is 7.70. The van der Waals surface area contributed by atoms with E-state index in [2.05, 4.69) is 5.43 Å². The van der Waals surface area contributed by atoms with E-state index in [0.29, 0.717) is 6.29 Å². The van der Waals surface area contributed by atoms with Crippen molar-refractivity contribution in [1.29, 1.82) is 0 Å². The lowest BCUT2D eigenvalue weighted by molar-refractivity contribution is -0.105. The van der Waals surface area contributed by atoms with Crippen molar-refractivity contribution in [1.82, 2.24) is 5.43 Å². The third kappa shape index (κ3) is 2.92. The van der Waals surface area contributed by atoms with Crippen LogP contribution in [0.25, 0.3) is 0 Å². The fourth-order valence-electron chi connectivity index (χ4n) is 1.59. The molecule has 1 aliphatic rings. The van der Waals surface area contributed by atoms with Gasteiger partial charge in [-0.3, -0.25) is 10.2 Å². The smallest absolute Gasteiger partial charge is 0.228 e. The van der Waals surface area contributed by atoms with Crippen LogP contribution in [-0.4, -0.2) is 12.4 Å². The van der Waals surface area contributed by atoms with Gasteiger partial charge >= 0.3 is 0 Å². The van der Waals surface area contributed by atoms with Crippen LogP contribution >= 0.6 is 0 Å². The number of hydrogen-bond acceptors (Lipinski definition) is 5. The van der Waals surface area contributed by atoms with Crippen molar-refractivity contribution in [2.45, 2.75) is 38.2 Å². The average Bonchev–Trinajstić information content (AvgIpc) is 2.26. The maximum Gasteiger partial charge on any atom is 0.228 e. The number of hydrazine groups is 1. The van der Waals surface area contributed by atoms with E-state index < -0.39 is 0 Å². The van der Waals surface area contributed by atoms with E-state index in [-0.39, 0.29) is 17.7 Å². The summed E-state index contributed by atoms with van der Waals surface area (Å²) in [6, 6.07) is 0. The minimum absolute atomic E-state index is 0.0121. The molecular formula is C9H17N3O2. The quantitative estimate of drug-likeness (QED) is 0.197. The Kier molecular flexibility index (Phi) is 4.25. The monoisotopic (exact) mass is 199 g/mol. The molecule has 0 aliphatic heterocycles. The van der Waals surface area contributed by atoms with Gasteiger partial charge in [-0.15, -0.1) is 0 Å². The lowest BCUT2D eigenvalue weighted by atomic mass is 9.98. The van der Waals surface area contributed by atoms with Crippen LogP contribution in [0.3, 0.4) is 0 Å². The molecule has 1 aliphatic carbocycles. The van der Waals surface area contributed by atoms with E-state index in [4.69, 9.17) is 16.3 Å². The van der Waals surface area contributed by atoms with Gasteiger partial charge in [-0.05, 0) is 25.7 Å². The van der Waals surface area contributed by atoms with Crippen molar-refractivity contribution in [2.24, 2.45) is 11.6 Å². The highest BCUT2D eigenvalue weighted by Crippen LogP contribution is 2.21. The molecule has 0 amide bonds. The maximum absolute atomic E-state index is 10.4. The maximum atomic E-state index is 10.4. The summed E-state index contributed by atoms with van der Waals surface area (Å²) in [7, 11) is 0. The van der Waals surface area contributed by atoms with Gasteiger partial charge < -0.3 is 10.5 Å². The second-order valence-corrected chi connectivity index (χ2v) is 3.42. The Hall–Kier alpha value is -1.23. The Morgan fingerprint density at radius 1 is 1.36 bits per heavy atom. The van der Waals surface area contributed by atoms with Crippen LogP contribution < -0.4 is 17.0 Å². The Morgan fingerprint density at radius 3 is 2.50 bits per heavy atom. The second-order valence-electron chi connectivity index (χ2n) is 3.42. The summed E-state index contributed by atoms with van der Waals surface area (Å²) in [6.45, 7) is 0. The van der Waals surface area contributed by atoms with Crippen LogP contribution in [-0.2, 0) is 9.53 Å². The summed E-state index contributed by atoms with van der Waals surface area (Å²) in [4.78, 5) is 10.4. The van der Waals surface area contributed by atoms with E-state index in [9.17, 15) is 4.79 Å². The number of nitrogens with two attached hydrogens (primary N) is 2. The molecule has 0 saturated heterocycles. The number of ether oxygens (including phenoxy) is 1. The molecule has 0 bridgehead atoms. The molecule has 0 aromatic heterocycles. The van der Waals surface area contributed by atoms with Gasteiger partial charge in [-0.25, -0.2) is 5.84 Å². The number of allylic oxidation sites excluding steroid dienone is 1. The molecule has 1 fully saturated rings. The van der Waals surface area contributed by atoms with Crippen LogP contribution in [0.1, 0.15) is 32.1 Å². The van der Waals surface area contributed by atoms with Gasteiger partial charge in [0.25, 0.3) is 0 Å². The topological polar surface area (TPSA) is 90.4 Å². The van der Waals surface area contributed by atoms with Gasteiger partial charge in [0.05, 0.1) is 0 Å². The molecule has 1 saturated carbocycles. The molecule has 5 heteroatoms. The zero-order valence-corrected chi connectivity index (χ0v) is 8.16. The average molecular weight is 199 g/mol. The van der Waals surface area contributed by atoms with Gasteiger partial charge in [-0.1, -0.05) is 6.42 Å². The zero-order chi connectivity index (χ0) is 10.4. The number of rotatable bonds is 4. The minimum atomic E-state index is 0.0121. The van der Waals surface area contributed by atoms with Crippen molar-refractivity contribution >= 4 is 6.29 Å². The molecule has 80 valence electrons. The zero-order valence-electron chi connectivity index (χ0n) is 8.16. The summed E-state index contributed by atoms with van der Waals surface area (Å²) in [5.74, 6) is 5.38. The molecule has 0 unspecified atom stereocenters. The van der Waals surface area contributed by atoms with Crippen molar-refractivity contribution in [3.8, 4) is 0 Å². The Bertz CT molecular complexity index is 222. The minimum Gasteiger partial charge on any atom is -0.473 e. The number of nitrogens with one attached hydrogen (secondary N) is 1. The molecule has 0 aromatic rings. The van der Waals surface area contributed by atoms with Crippen LogP contribution in [0, 0.1) is 0 Å². The van der Waals surface area contributed by atoms with Gasteiger partial charge in [0, 0.05) is 0 Å². The molecule has 0 atom stereocenters. The highest BCUT2D eigenvalue weighted by Gasteiger charge is 2.16. The van der Waals surface area contributed by atoms with Gasteiger partial charge in [0.2, 0.25) is 5.88 Å². The van der Waals surface area contributed by atoms with Gasteiger partial charge in [0.15, 0.2) is 6.29 Å². The lowest BCUT2D eigenvalue weighted by Crippen LogP contribution is -2.31. The normalized spacial score (nSPS) is 19.8. The first-order chi connectivity index (χ1) is 6.77. The van der Waals surface area contributed by atoms with Crippen molar-refractivity contribution < 1.29 is 9.53 Å². The first kappa shape index (κ1) is 10.8. The first-order valence-corrected chi connectivity index (χ1v) is 4.86. The molecular weight excluding hydrogens is 182 g/mol. The standard InChI is InChI=1S/C9H17N3O2/c10-8(6-13)9(12-11)14-7-4-2-1-3-5-7/h6-7,12H,1-5,10-11H2/b9-8+. The highest BCUT2D eigenvalue weighted by molar-refractivity contribution is 5.72. The number of carbonyl (C=O) groups excluding carboxylic acids is 1. The number of aldehydes is 1. The molecule has 0 heterocycles. The van der Waals surface area contributed by atoms with E-state index >= 15 is 0 Å². The van der Waals surface area contributed by atoms with Crippen molar-refractivity contribution in [3.05, 3.63) is 11.6 Å². The summed E-state index contributed by atoms with van der Waals surface area (Å²) in [5, 5.41) is 0. The summed E-state index contributed by atoms with van der Waals surface area (Å²) < 4.78 is 5.48. The Labute approximate surface area is 83.4 Å². The highest BCUT2D eigenvalue weighted by atomic mass is 16.5. The molecule has 1 rings (SSSR count). The molecule has 14 heavy (non-hydrogen) atoms. The van der Waals surface area contributed by atoms with Crippen LogP contribution in [0.4, 0.5) is 0 Å². The predicted molar refractivity (Wildman–Crippen MR) is 52.6 cm³/mol. The van der Waals surface area contributed by atoms with E-state index in [1.165, 1.54) is 6.42 Å². The molecule has 0 aromatic carbocycles. The number of hydrogen-bond donors (Lipinski definition) is 3. The van der Waals surface area contributed by atoms with E-state index in [0.717, 1.165) is 25.7 Å². The fraction of sp³-hybridized carbons (Fsp3) is 0.667. The molecule has 5 nitrogen and oxygen atoms in total. The van der Waals surface area contributed by atoms with E-state index in [1.807, 2.05) is 0 Å². The Morgan fingerprint density at radius 2 is 2.00 bits per heavy atom. The lowest BCUT2D eigenvalue weighted by Gasteiger charge is -2.24. The summed E-state index contributed by atoms with van der Waals surface area (Å²) >= 11 is 0. The van der Waals surface area contributed by atoms with Gasteiger partial charge in [-0.2, -0.15) is 0 Å². The van der Waals surface area contributed by atoms with Crippen LogP contribution in [0.5, 0.6) is 0 Å². The van der Waals surface area contributed by atoms with Crippen LogP contribution in [0.2, 0.25) is 0 Å². The van der Waals surface area contributed by atoms with E-state index in [1.54, 1.807) is 0 Å². The second kappa shape index (κ2) is 5.49.